The number of ether oxygens (including phenoxy) is 3. The van der Waals surface area contributed by atoms with Crippen molar-refractivity contribution in [1.29, 1.82) is 0 Å². The highest BCUT2D eigenvalue weighted by atomic mass is 35.5. The second-order valence-electron chi connectivity index (χ2n) is 7.63. The molecule has 1 aliphatic rings. The molecule has 1 heterocycles. The van der Waals surface area contributed by atoms with E-state index in [0.29, 0.717) is 45.9 Å². The molecule has 0 atom stereocenters. The number of benzene rings is 2. The average molecular weight is 458 g/mol. The highest BCUT2D eigenvalue weighted by molar-refractivity contribution is 6.30. The van der Waals surface area contributed by atoms with Crippen molar-refractivity contribution >= 4 is 17.3 Å². The lowest BCUT2D eigenvalue weighted by Gasteiger charge is -2.30. The van der Waals surface area contributed by atoms with Gasteiger partial charge in [-0.25, -0.2) is 4.39 Å². The van der Waals surface area contributed by atoms with Gasteiger partial charge in [-0.15, -0.1) is 10.2 Å². The molecule has 1 N–H and O–H groups in total. The van der Waals surface area contributed by atoms with E-state index in [0.717, 1.165) is 30.4 Å². The fraction of sp³-hybridized carbons (Fsp3) is 0.333. The Kier molecular flexibility index (Phi) is 6.65. The molecule has 8 heteroatoms. The molecular weight excluding hydrogens is 433 g/mol. The highest BCUT2D eigenvalue weighted by Gasteiger charge is 2.30. The molecule has 6 nitrogen and oxygen atoms in total. The fourth-order valence-corrected chi connectivity index (χ4v) is 4.07. The molecule has 0 spiro atoms. The van der Waals surface area contributed by atoms with Crippen molar-refractivity contribution in [2.45, 2.75) is 31.7 Å². The quantitative estimate of drug-likeness (QED) is 0.458. The molecule has 1 fully saturated rings. The molecule has 0 amide bonds. The number of halogens is 2. The predicted octanol–water partition coefficient (Wildman–Crippen LogP) is 5.84. The maximum absolute atomic E-state index is 14.7. The van der Waals surface area contributed by atoms with Crippen molar-refractivity contribution in [2.24, 2.45) is 0 Å². The first-order valence-corrected chi connectivity index (χ1v) is 10.8. The van der Waals surface area contributed by atoms with Crippen LogP contribution in [0.2, 0.25) is 5.02 Å². The maximum atomic E-state index is 14.7. The van der Waals surface area contributed by atoms with E-state index in [9.17, 15) is 4.39 Å². The van der Waals surface area contributed by atoms with E-state index in [4.69, 9.17) is 25.8 Å². The van der Waals surface area contributed by atoms with Gasteiger partial charge < -0.3 is 19.5 Å². The van der Waals surface area contributed by atoms with Gasteiger partial charge in [0, 0.05) is 34.3 Å². The first kappa shape index (κ1) is 22.1. The molecule has 3 aromatic rings. The molecule has 168 valence electrons. The third kappa shape index (κ3) is 4.30. The standard InChI is InChI=1S/C24H25ClFN3O3/c1-30-17-9-7-15(20(12-17)31-2)13-27-23-21(14-5-4-6-14)22(28-29-24(23)32-3)18-11-16(25)8-10-19(18)26/h7-12,14H,4-6,13H2,1-3H3,(H,27,28). The van der Waals surface area contributed by atoms with Crippen molar-refractivity contribution in [3.63, 3.8) is 0 Å². The van der Waals surface area contributed by atoms with Crippen LogP contribution >= 0.6 is 11.6 Å². The van der Waals surface area contributed by atoms with Crippen LogP contribution in [0, 0.1) is 5.82 Å². The predicted molar refractivity (Wildman–Crippen MR) is 122 cm³/mol. The van der Waals surface area contributed by atoms with Crippen LogP contribution in [0.15, 0.2) is 36.4 Å². The van der Waals surface area contributed by atoms with Gasteiger partial charge in [0.25, 0.3) is 5.88 Å². The zero-order chi connectivity index (χ0) is 22.7. The van der Waals surface area contributed by atoms with Gasteiger partial charge in [-0.05, 0) is 49.1 Å². The van der Waals surface area contributed by atoms with Gasteiger partial charge in [0.2, 0.25) is 0 Å². The van der Waals surface area contributed by atoms with E-state index in [1.165, 1.54) is 12.1 Å². The topological polar surface area (TPSA) is 65.5 Å². The van der Waals surface area contributed by atoms with Gasteiger partial charge in [0.1, 0.15) is 28.7 Å². The summed E-state index contributed by atoms with van der Waals surface area (Å²) >= 11 is 6.16. The van der Waals surface area contributed by atoms with Crippen molar-refractivity contribution in [3.8, 4) is 28.6 Å². The number of nitrogens with zero attached hydrogens (tertiary/aromatic N) is 2. The SMILES string of the molecule is COc1ccc(CNc2c(OC)nnc(-c3cc(Cl)ccc3F)c2C2CCC2)c(OC)c1. The minimum atomic E-state index is -0.391. The van der Waals surface area contributed by atoms with Crippen LogP contribution in [-0.2, 0) is 6.54 Å². The third-order valence-corrected chi connectivity index (χ3v) is 6.05. The van der Waals surface area contributed by atoms with Crippen molar-refractivity contribution in [3.05, 3.63) is 58.4 Å². The van der Waals surface area contributed by atoms with Crippen LogP contribution in [0.4, 0.5) is 10.1 Å². The lowest BCUT2D eigenvalue weighted by atomic mass is 9.78. The Morgan fingerprint density at radius 3 is 2.50 bits per heavy atom. The normalized spacial score (nSPS) is 13.4. The molecule has 0 saturated heterocycles. The number of aromatic nitrogens is 2. The van der Waals surface area contributed by atoms with Crippen LogP contribution < -0.4 is 19.5 Å². The second-order valence-corrected chi connectivity index (χ2v) is 8.07. The summed E-state index contributed by atoms with van der Waals surface area (Å²) in [5.41, 5.74) is 3.36. The van der Waals surface area contributed by atoms with Gasteiger partial charge in [-0.1, -0.05) is 18.0 Å². The Bertz CT molecular complexity index is 1120. The van der Waals surface area contributed by atoms with E-state index >= 15 is 0 Å². The van der Waals surface area contributed by atoms with Crippen molar-refractivity contribution < 1.29 is 18.6 Å². The number of nitrogens with one attached hydrogen (secondary N) is 1. The number of hydrogen-bond donors (Lipinski definition) is 1. The number of rotatable bonds is 8. The largest absolute Gasteiger partial charge is 0.497 e. The molecule has 4 rings (SSSR count). The summed E-state index contributed by atoms with van der Waals surface area (Å²) in [4.78, 5) is 0. The number of methoxy groups -OCH3 is 3. The lowest BCUT2D eigenvalue weighted by Crippen LogP contribution is -2.17. The van der Waals surface area contributed by atoms with E-state index in [-0.39, 0.29) is 5.92 Å². The van der Waals surface area contributed by atoms with Crippen LogP contribution in [0.25, 0.3) is 11.3 Å². The Hall–Kier alpha value is -3.06. The van der Waals surface area contributed by atoms with E-state index in [1.54, 1.807) is 27.4 Å². The summed E-state index contributed by atoms with van der Waals surface area (Å²) in [5, 5.41) is 12.5. The summed E-state index contributed by atoms with van der Waals surface area (Å²) < 4.78 is 31.1. The second kappa shape index (κ2) is 9.61. The zero-order valence-corrected chi connectivity index (χ0v) is 19.0. The van der Waals surface area contributed by atoms with Gasteiger partial charge in [-0.2, -0.15) is 0 Å². The molecule has 2 aromatic carbocycles. The first-order chi connectivity index (χ1) is 15.5. The molecule has 0 aliphatic heterocycles. The molecule has 0 radical (unpaired) electrons. The Balaban J connectivity index is 1.78. The molecule has 1 aliphatic carbocycles. The Morgan fingerprint density at radius 1 is 1.03 bits per heavy atom. The van der Waals surface area contributed by atoms with Crippen molar-refractivity contribution in [1.82, 2.24) is 10.2 Å². The van der Waals surface area contributed by atoms with Crippen LogP contribution in [0.3, 0.4) is 0 Å². The Morgan fingerprint density at radius 2 is 1.84 bits per heavy atom. The molecular formula is C24H25ClFN3O3. The maximum Gasteiger partial charge on any atom is 0.257 e. The fourth-order valence-electron chi connectivity index (χ4n) is 3.90. The minimum Gasteiger partial charge on any atom is -0.497 e. The van der Waals surface area contributed by atoms with Crippen LogP contribution in [-0.4, -0.2) is 31.5 Å². The summed E-state index contributed by atoms with van der Waals surface area (Å²) in [6, 6.07) is 10.1. The average Bonchev–Trinajstić information content (AvgIpc) is 2.78. The lowest BCUT2D eigenvalue weighted by molar-refractivity contribution is 0.385. The van der Waals surface area contributed by atoms with Gasteiger partial charge in [0.05, 0.1) is 21.3 Å². The van der Waals surface area contributed by atoms with Crippen LogP contribution in [0.5, 0.6) is 17.4 Å². The zero-order valence-electron chi connectivity index (χ0n) is 18.2. The minimum absolute atomic E-state index is 0.230. The van der Waals surface area contributed by atoms with Gasteiger partial charge >= 0.3 is 0 Å². The first-order valence-electron chi connectivity index (χ1n) is 10.4. The van der Waals surface area contributed by atoms with Gasteiger partial charge in [0.15, 0.2) is 0 Å². The molecule has 1 aromatic heterocycles. The number of anilines is 1. The summed E-state index contributed by atoms with van der Waals surface area (Å²) in [5.74, 6) is 1.61. The summed E-state index contributed by atoms with van der Waals surface area (Å²) in [7, 11) is 4.78. The molecule has 1 saturated carbocycles. The smallest absolute Gasteiger partial charge is 0.257 e. The van der Waals surface area contributed by atoms with Crippen LogP contribution in [0.1, 0.15) is 36.3 Å². The Labute approximate surface area is 191 Å². The van der Waals surface area contributed by atoms with E-state index in [1.807, 2.05) is 18.2 Å². The molecule has 0 unspecified atom stereocenters. The third-order valence-electron chi connectivity index (χ3n) is 5.82. The highest BCUT2D eigenvalue weighted by Crippen LogP contribution is 2.47. The summed E-state index contributed by atoms with van der Waals surface area (Å²) in [6.07, 6.45) is 3.09. The van der Waals surface area contributed by atoms with E-state index < -0.39 is 5.82 Å². The van der Waals surface area contributed by atoms with Crippen molar-refractivity contribution in [2.75, 3.05) is 26.6 Å². The van der Waals surface area contributed by atoms with E-state index in [2.05, 4.69) is 15.5 Å². The summed E-state index contributed by atoms with van der Waals surface area (Å²) in [6.45, 7) is 0.451. The number of hydrogen-bond acceptors (Lipinski definition) is 6. The van der Waals surface area contributed by atoms with Gasteiger partial charge in [-0.3, -0.25) is 0 Å². The monoisotopic (exact) mass is 457 g/mol. The molecule has 32 heavy (non-hydrogen) atoms. The molecule has 0 bridgehead atoms.